The Kier molecular flexibility index (Phi) is 4.50. The highest BCUT2D eigenvalue weighted by atomic mass is 16.3. The average Bonchev–Trinajstić information content (AvgIpc) is 2.96. The van der Waals surface area contributed by atoms with Crippen molar-refractivity contribution in [3.63, 3.8) is 0 Å². The Labute approximate surface area is 111 Å². The fraction of sp³-hybridized carbons (Fsp3) is 0.750. The molecule has 2 rings (SSSR count). The molecule has 0 aromatic carbocycles. The van der Waals surface area contributed by atoms with Gasteiger partial charge in [0.1, 0.15) is 0 Å². The van der Waals surface area contributed by atoms with Crippen LogP contribution in [-0.2, 0) is 6.42 Å². The summed E-state index contributed by atoms with van der Waals surface area (Å²) in [6.07, 6.45) is 11.7. The molecule has 0 amide bonds. The Morgan fingerprint density at radius 1 is 1.33 bits per heavy atom. The van der Waals surface area contributed by atoms with Crippen LogP contribution in [-0.4, -0.2) is 13.1 Å². The molecule has 1 fully saturated rings. The van der Waals surface area contributed by atoms with Crippen molar-refractivity contribution in [2.45, 2.75) is 58.4 Å². The molecule has 0 bridgehead atoms. The fourth-order valence-electron chi connectivity index (χ4n) is 3.86. The van der Waals surface area contributed by atoms with E-state index in [2.05, 4.69) is 32.3 Å². The summed E-state index contributed by atoms with van der Waals surface area (Å²) in [6, 6.07) is 2.68. The van der Waals surface area contributed by atoms with Gasteiger partial charge in [-0.1, -0.05) is 26.7 Å². The van der Waals surface area contributed by atoms with Crippen molar-refractivity contribution < 1.29 is 4.42 Å². The first-order chi connectivity index (χ1) is 8.66. The predicted octanol–water partition coefficient (Wildman–Crippen LogP) is 4.02. The standard InChI is InChI=1S/C16H27NO/c1-13(2)11-16(7-4-5-8-16)15(17-3)10-14-6-9-18-12-14/h6,9,12-13,15,17H,4-5,7-8,10-11H2,1-3H3. The average molecular weight is 249 g/mol. The lowest BCUT2D eigenvalue weighted by Gasteiger charge is -2.39. The normalized spacial score (nSPS) is 20.4. The predicted molar refractivity (Wildman–Crippen MR) is 75.6 cm³/mol. The maximum atomic E-state index is 5.21. The molecule has 0 spiro atoms. The van der Waals surface area contributed by atoms with Crippen LogP contribution in [0.3, 0.4) is 0 Å². The first-order valence-electron chi connectivity index (χ1n) is 7.34. The van der Waals surface area contributed by atoms with Gasteiger partial charge in [0.15, 0.2) is 0 Å². The SMILES string of the molecule is CNC(Cc1ccoc1)C1(CC(C)C)CCCC1. The van der Waals surface area contributed by atoms with Crippen LogP contribution in [0.1, 0.15) is 51.5 Å². The summed E-state index contributed by atoms with van der Waals surface area (Å²) >= 11 is 0. The second kappa shape index (κ2) is 5.92. The zero-order valence-corrected chi connectivity index (χ0v) is 12.0. The van der Waals surface area contributed by atoms with Crippen LogP contribution in [0.4, 0.5) is 0 Å². The monoisotopic (exact) mass is 249 g/mol. The van der Waals surface area contributed by atoms with Crippen LogP contribution >= 0.6 is 0 Å². The van der Waals surface area contributed by atoms with Gasteiger partial charge in [0.2, 0.25) is 0 Å². The van der Waals surface area contributed by atoms with Gasteiger partial charge < -0.3 is 9.73 Å². The molecule has 1 aliphatic rings. The fourth-order valence-corrected chi connectivity index (χ4v) is 3.86. The molecule has 1 saturated carbocycles. The molecule has 1 aromatic rings. The van der Waals surface area contributed by atoms with E-state index in [0.29, 0.717) is 11.5 Å². The number of furan rings is 1. The third-order valence-corrected chi connectivity index (χ3v) is 4.52. The molecule has 0 aliphatic heterocycles. The summed E-state index contributed by atoms with van der Waals surface area (Å²) in [4.78, 5) is 0. The van der Waals surface area contributed by atoms with Crippen molar-refractivity contribution in [1.29, 1.82) is 0 Å². The van der Waals surface area contributed by atoms with Crippen LogP contribution in [0.2, 0.25) is 0 Å². The van der Waals surface area contributed by atoms with Gasteiger partial charge in [-0.2, -0.15) is 0 Å². The molecule has 1 N–H and O–H groups in total. The molecule has 2 heteroatoms. The van der Waals surface area contributed by atoms with Crippen molar-refractivity contribution in [3.05, 3.63) is 24.2 Å². The summed E-state index contributed by atoms with van der Waals surface area (Å²) in [5.74, 6) is 0.781. The lowest BCUT2D eigenvalue weighted by atomic mass is 9.71. The lowest BCUT2D eigenvalue weighted by Crippen LogP contribution is -2.44. The van der Waals surface area contributed by atoms with Crippen molar-refractivity contribution in [1.82, 2.24) is 5.32 Å². The van der Waals surface area contributed by atoms with Crippen molar-refractivity contribution in [3.8, 4) is 0 Å². The number of rotatable bonds is 6. The van der Waals surface area contributed by atoms with E-state index in [1.54, 1.807) is 6.26 Å². The first kappa shape index (κ1) is 13.7. The summed E-state index contributed by atoms with van der Waals surface area (Å²) < 4.78 is 5.21. The van der Waals surface area contributed by atoms with E-state index in [0.717, 1.165) is 12.3 Å². The molecular formula is C16H27NO. The van der Waals surface area contributed by atoms with Crippen LogP contribution in [0.15, 0.2) is 23.0 Å². The molecule has 102 valence electrons. The van der Waals surface area contributed by atoms with Gasteiger partial charge in [-0.15, -0.1) is 0 Å². The van der Waals surface area contributed by atoms with Crippen LogP contribution in [0, 0.1) is 11.3 Å². The molecule has 1 atom stereocenters. The molecule has 18 heavy (non-hydrogen) atoms. The Bertz CT molecular complexity index is 336. The maximum Gasteiger partial charge on any atom is 0.0935 e. The molecule has 2 nitrogen and oxygen atoms in total. The minimum atomic E-state index is 0.500. The summed E-state index contributed by atoms with van der Waals surface area (Å²) in [7, 11) is 2.12. The summed E-state index contributed by atoms with van der Waals surface area (Å²) in [6.45, 7) is 4.70. The topological polar surface area (TPSA) is 25.2 Å². The third-order valence-electron chi connectivity index (χ3n) is 4.52. The smallest absolute Gasteiger partial charge is 0.0935 e. The zero-order valence-electron chi connectivity index (χ0n) is 12.0. The number of likely N-dealkylation sites (N-methyl/N-ethyl adjacent to an activating group) is 1. The highest BCUT2D eigenvalue weighted by Crippen LogP contribution is 2.46. The summed E-state index contributed by atoms with van der Waals surface area (Å²) in [5.41, 5.74) is 1.82. The molecule has 1 aliphatic carbocycles. The quantitative estimate of drug-likeness (QED) is 0.824. The van der Waals surface area contributed by atoms with Crippen LogP contribution in [0.5, 0.6) is 0 Å². The molecule has 1 aromatic heterocycles. The van der Waals surface area contributed by atoms with Gasteiger partial charge in [-0.3, -0.25) is 0 Å². The van der Waals surface area contributed by atoms with E-state index < -0.39 is 0 Å². The van der Waals surface area contributed by atoms with Gasteiger partial charge in [0.25, 0.3) is 0 Å². The zero-order chi connectivity index (χ0) is 13.0. The largest absolute Gasteiger partial charge is 0.472 e. The maximum absolute atomic E-state index is 5.21. The Morgan fingerprint density at radius 2 is 2.06 bits per heavy atom. The van der Waals surface area contributed by atoms with E-state index >= 15 is 0 Å². The van der Waals surface area contributed by atoms with E-state index in [-0.39, 0.29) is 0 Å². The minimum Gasteiger partial charge on any atom is -0.472 e. The Hall–Kier alpha value is -0.760. The highest BCUT2D eigenvalue weighted by molar-refractivity contribution is 5.10. The summed E-state index contributed by atoms with van der Waals surface area (Å²) in [5, 5.41) is 3.59. The van der Waals surface area contributed by atoms with Crippen LogP contribution in [0.25, 0.3) is 0 Å². The second-order valence-electron chi connectivity index (χ2n) is 6.34. The molecule has 1 unspecified atom stereocenters. The van der Waals surface area contributed by atoms with Crippen molar-refractivity contribution >= 4 is 0 Å². The van der Waals surface area contributed by atoms with E-state index in [1.807, 2.05) is 6.26 Å². The second-order valence-corrected chi connectivity index (χ2v) is 6.34. The Balaban J connectivity index is 2.11. The van der Waals surface area contributed by atoms with Gasteiger partial charge in [0.05, 0.1) is 12.5 Å². The molecular weight excluding hydrogens is 222 g/mol. The van der Waals surface area contributed by atoms with E-state index in [1.165, 1.54) is 37.7 Å². The molecule has 1 heterocycles. The highest BCUT2D eigenvalue weighted by Gasteiger charge is 2.40. The van der Waals surface area contributed by atoms with Gasteiger partial charge in [0, 0.05) is 6.04 Å². The van der Waals surface area contributed by atoms with Gasteiger partial charge in [-0.05, 0) is 55.7 Å². The van der Waals surface area contributed by atoms with Crippen LogP contribution < -0.4 is 5.32 Å². The number of hydrogen-bond acceptors (Lipinski definition) is 2. The van der Waals surface area contributed by atoms with Crippen molar-refractivity contribution in [2.24, 2.45) is 11.3 Å². The lowest BCUT2D eigenvalue weighted by molar-refractivity contribution is 0.160. The van der Waals surface area contributed by atoms with Gasteiger partial charge in [-0.25, -0.2) is 0 Å². The first-order valence-corrected chi connectivity index (χ1v) is 7.34. The van der Waals surface area contributed by atoms with E-state index in [9.17, 15) is 0 Å². The molecule has 0 saturated heterocycles. The van der Waals surface area contributed by atoms with E-state index in [4.69, 9.17) is 4.42 Å². The third kappa shape index (κ3) is 2.97. The number of hydrogen-bond donors (Lipinski definition) is 1. The number of nitrogens with one attached hydrogen (secondary N) is 1. The van der Waals surface area contributed by atoms with Gasteiger partial charge >= 0.3 is 0 Å². The Morgan fingerprint density at radius 3 is 2.56 bits per heavy atom. The molecule has 0 radical (unpaired) electrons. The van der Waals surface area contributed by atoms with Crippen molar-refractivity contribution in [2.75, 3.05) is 7.05 Å². The minimum absolute atomic E-state index is 0.500.